The van der Waals surface area contributed by atoms with Gasteiger partial charge in [-0.3, -0.25) is 4.79 Å². The van der Waals surface area contributed by atoms with Crippen LogP contribution in [-0.2, 0) is 18.0 Å². The van der Waals surface area contributed by atoms with Gasteiger partial charge in [-0.05, 0) is 17.7 Å². The Kier molecular flexibility index (Phi) is 5.73. The van der Waals surface area contributed by atoms with Crippen molar-refractivity contribution in [2.24, 2.45) is 0 Å². The molecule has 0 radical (unpaired) electrons. The number of anilines is 1. The molecule has 1 N–H and O–H groups in total. The van der Waals surface area contributed by atoms with Crippen LogP contribution in [0.15, 0.2) is 30.5 Å². The first-order valence-corrected chi connectivity index (χ1v) is 12.7. The Bertz CT molecular complexity index is 756. The van der Waals surface area contributed by atoms with Crippen LogP contribution in [0.25, 0.3) is 0 Å². The Morgan fingerprint density at radius 1 is 1.27 bits per heavy atom. The van der Waals surface area contributed by atoms with Gasteiger partial charge in [-0.2, -0.15) is 0 Å². The van der Waals surface area contributed by atoms with Gasteiger partial charge in [-0.25, -0.2) is 4.68 Å². The van der Waals surface area contributed by atoms with Crippen molar-refractivity contribution >= 4 is 19.8 Å². The van der Waals surface area contributed by atoms with Crippen LogP contribution in [0.1, 0.15) is 15.9 Å². The van der Waals surface area contributed by atoms with Gasteiger partial charge in [-0.15, -0.1) is 5.10 Å². The maximum absolute atomic E-state index is 12.3. The van der Waals surface area contributed by atoms with Crippen molar-refractivity contribution in [3.8, 4) is 0 Å². The highest BCUT2D eigenvalue weighted by molar-refractivity contribution is 6.76. The average Bonchev–Trinajstić information content (AvgIpc) is 3.17. The third kappa shape index (κ3) is 4.92. The number of hydrogen-bond donors (Lipinski definition) is 1. The largest absolute Gasteiger partial charge is 0.365 e. The summed E-state index contributed by atoms with van der Waals surface area (Å²) in [5.41, 5.74) is 1.91. The Balaban J connectivity index is 1.38. The third-order valence-electron chi connectivity index (χ3n) is 4.34. The van der Waals surface area contributed by atoms with Gasteiger partial charge < -0.3 is 15.0 Å². The minimum absolute atomic E-state index is 0.0989. The molecule has 2 aromatic rings. The summed E-state index contributed by atoms with van der Waals surface area (Å²) in [7, 11) is -1.06. The molecule has 0 atom stereocenters. The smallest absolute Gasteiger partial charge is 0.254 e. The molecule has 0 saturated heterocycles. The molecule has 7 nitrogen and oxygen atoms in total. The Hall–Kier alpha value is -2.19. The predicted molar refractivity (Wildman–Crippen MR) is 104 cm³/mol. The monoisotopic (exact) mass is 373 g/mol. The standard InChI is InChI=1S/C18H27N5O2Si/c1-26(2,3)11-10-25-14-23-13-17(20-21-23)19-8-9-22-12-15-6-4-5-7-16(15)18(22)24/h4-7,13,19H,8-12,14H2,1-3H3. The van der Waals surface area contributed by atoms with Gasteiger partial charge in [0.15, 0.2) is 5.82 Å². The van der Waals surface area contributed by atoms with Gasteiger partial charge in [0.05, 0.1) is 6.20 Å². The average molecular weight is 374 g/mol. The lowest BCUT2D eigenvalue weighted by Gasteiger charge is -2.15. The first kappa shape index (κ1) is 18.6. The molecule has 1 aliphatic rings. The second-order valence-electron chi connectivity index (χ2n) is 7.80. The summed E-state index contributed by atoms with van der Waals surface area (Å²) in [6, 6.07) is 8.91. The molecule has 1 amide bonds. The highest BCUT2D eigenvalue weighted by atomic mass is 28.3. The molecule has 1 aliphatic heterocycles. The topological polar surface area (TPSA) is 72.3 Å². The summed E-state index contributed by atoms with van der Waals surface area (Å²) in [6.07, 6.45) is 1.83. The number of benzene rings is 1. The molecule has 140 valence electrons. The molecule has 0 aliphatic carbocycles. The number of ether oxygens (including phenoxy) is 1. The molecule has 1 aromatic carbocycles. The Morgan fingerprint density at radius 2 is 2.08 bits per heavy atom. The van der Waals surface area contributed by atoms with Gasteiger partial charge in [0.25, 0.3) is 5.91 Å². The molecule has 0 spiro atoms. The quantitative estimate of drug-likeness (QED) is 0.540. The van der Waals surface area contributed by atoms with E-state index in [0.29, 0.717) is 32.2 Å². The molecular weight excluding hydrogens is 346 g/mol. The molecule has 0 unspecified atom stereocenters. The highest BCUT2D eigenvalue weighted by Crippen LogP contribution is 2.21. The second kappa shape index (κ2) is 8.01. The maximum atomic E-state index is 12.3. The number of aromatic nitrogens is 3. The molecular formula is C18H27N5O2Si. The summed E-state index contributed by atoms with van der Waals surface area (Å²) in [6.45, 7) is 10.1. The lowest BCUT2D eigenvalue weighted by molar-refractivity contribution is 0.0772. The summed E-state index contributed by atoms with van der Waals surface area (Å²) in [4.78, 5) is 14.2. The number of fused-ring (bicyclic) bond motifs is 1. The zero-order chi connectivity index (χ0) is 18.6. The van der Waals surface area contributed by atoms with Crippen molar-refractivity contribution in [1.82, 2.24) is 19.9 Å². The number of rotatable bonds is 9. The molecule has 26 heavy (non-hydrogen) atoms. The van der Waals surface area contributed by atoms with Gasteiger partial charge in [0.1, 0.15) is 6.73 Å². The van der Waals surface area contributed by atoms with E-state index in [-0.39, 0.29) is 5.91 Å². The van der Waals surface area contributed by atoms with Crippen molar-refractivity contribution in [3.05, 3.63) is 41.6 Å². The lowest BCUT2D eigenvalue weighted by atomic mass is 10.1. The predicted octanol–water partition coefficient (Wildman–Crippen LogP) is 2.66. The van der Waals surface area contributed by atoms with Crippen molar-refractivity contribution in [3.63, 3.8) is 0 Å². The fraction of sp³-hybridized carbons (Fsp3) is 0.500. The van der Waals surface area contributed by atoms with Crippen LogP contribution in [0.5, 0.6) is 0 Å². The number of hydrogen-bond acceptors (Lipinski definition) is 5. The van der Waals surface area contributed by atoms with E-state index in [9.17, 15) is 4.79 Å². The minimum Gasteiger partial charge on any atom is -0.365 e. The van der Waals surface area contributed by atoms with Crippen molar-refractivity contribution in [1.29, 1.82) is 0 Å². The normalized spacial score (nSPS) is 14.0. The van der Waals surface area contributed by atoms with Crippen molar-refractivity contribution in [2.45, 2.75) is 39.0 Å². The number of carbonyl (C=O) groups is 1. The van der Waals surface area contributed by atoms with E-state index < -0.39 is 8.07 Å². The molecule has 0 fully saturated rings. The van der Waals surface area contributed by atoms with Crippen molar-refractivity contribution in [2.75, 3.05) is 25.0 Å². The summed E-state index contributed by atoms with van der Waals surface area (Å²) < 4.78 is 7.34. The number of amides is 1. The first-order valence-electron chi connectivity index (χ1n) is 9.01. The number of carbonyl (C=O) groups excluding carboxylic acids is 1. The zero-order valence-corrected chi connectivity index (χ0v) is 16.7. The number of nitrogens with one attached hydrogen (secondary N) is 1. The fourth-order valence-corrected chi connectivity index (χ4v) is 3.55. The molecule has 1 aromatic heterocycles. The van der Waals surface area contributed by atoms with Gasteiger partial charge in [0.2, 0.25) is 0 Å². The molecule has 8 heteroatoms. The van der Waals surface area contributed by atoms with Crippen molar-refractivity contribution < 1.29 is 9.53 Å². The first-order chi connectivity index (χ1) is 12.4. The maximum Gasteiger partial charge on any atom is 0.254 e. The molecule has 3 rings (SSSR count). The van der Waals surface area contributed by atoms with Gasteiger partial charge in [0, 0.05) is 39.9 Å². The van der Waals surface area contributed by atoms with Crippen LogP contribution in [0.3, 0.4) is 0 Å². The van der Waals surface area contributed by atoms with Crippen LogP contribution < -0.4 is 5.32 Å². The van der Waals surface area contributed by atoms with E-state index >= 15 is 0 Å². The van der Waals surface area contributed by atoms with Gasteiger partial charge >= 0.3 is 0 Å². The van der Waals surface area contributed by atoms with E-state index in [4.69, 9.17) is 4.74 Å². The fourth-order valence-electron chi connectivity index (χ4n) is 2.79. The zero-order valence-electron chi connectivity index (χ0n) is 15.7. The summed E-state index contributed by atoms with van der Waals surface area (Å²) >= 11 is 0. The molecule has 0 saturated carbocycles. The second-order valence-corrected chi connectivity index (χ2v) is 13.4. The van der Waals surface area contributed by atoms with E-state index in [1.807, 2.05) is 35.4 Å². The Labute approximate surface area is 155 Å². The third-order valence-corrected chi connectivity index (χ3v) is 6.05. The Morgan fingerprint density at radius 3 is 2.85 bits per heavy atom. The highest BCUT2D eigenvalue weighted by Gasteiger charge is 2.26. The molecule has 2 heterocycles. The van der Waals surface area contributed by atoms with Crippen LogP contribution >= 0.6 is 0 Å². The lowest BCUT2D eigenvalue weighted by Crippen LogP contribution is -2.29. The van der Waals surface area contributed by atoms with Gasteiger partial charge in [-0.1, -0.05) is 43.1 Å². The van der Waals surface area contributed by atoms with Crippen LogP contribution in [0.4, 0.5) is 5.82 Å². The van der Waals surface area contributed by atoms with Crippen LogP contribution in [-0.4, -0.2) is 53.6 Å². The van der Waals surface area contributed by atoms with E-state index in [2.05, 4.69) is 35.3 Å². The summed E-state index contributed by atoms with van der Waals surface area (Å²) in [5.74, 6) is 0.796. The number of nitrogens with zero attached hydrogens (tertiary/aromatic N) is 4. The van der Waals surface area contributed by atoms with E-state index in [1.54, 1.807) is 4.68 Å². The van der Waals surface area contributed by atoms with E-state index in [0.717, 1.165) is 23.8 Å². The van der Waals surface area contributed by atoms with Crippen LogP contribution in [0.2, 0.25) is 25.7 Å². The minimum atomic E-state index is -1.06. The SMILES string of the molecule is C[Si](C)(C)CCOCn1cc(NCCN2Cc3ccccc3C2=O)nn1. The summed E-state index contributed by atoms with van der Waals surface area (Å²) in [5, 5.41) is 11.4. The van der Waals surface area contributed by atoms with E-state index in [1.165, 1.54) is 0 Å². The van der Waals surface area contributed by atoms with Crippen LogP contribution in [0, 0.1) is 0 Å². The molecule has 0 bridgehead atoms.